The largest absolute Gasteiger partial charge is 0.497 e. The maximum Gasteiger partial charge on any atom is 0.282 e. The van der Waals surface area contributed by atoms with Crippen molar-refractivity contribution in [3.63, 3.8) is 0 Å². The monoisotopic (exact) mass is 410 g/mol. The number of hydrogen-bond acceptors (Lipinski definition) is 3. The molecule has 6 nitrogen and oxygen atoms in total. The van der Waals surface area contributed by atoms with Crippen LogP contribution in [0.3, 0.4) is 0 Å². The molecular weight excluding hydrogens is 387 g/mol. The summed E-state index contributed by atoms with van der Waals surface area (Å²) in [6.45, 7) is 3.77. The van der Waals surface area contributed by atoms with E-state index in [9.17, 15) is 22.8 Å². The molecule has 9 heteroatoms. The van der Waals surface area contributed by atoms with Gasteiger partial charge in [-0.2, -0.15) is 0 Å². The summed E-state index contributed by atoms with van der Waals surface area (Å²) in [5.74, 6) is -4.76. The highest BCUT2D eigenvalue weighted by Crippen LogP contribution is 2.19. The summed E-state index contributed by atoms with van der Waals surface area (Å²) in [4.78, 5) is 25.3. The van der Waals surface area contributed by atoms with Crippen LogP contribution in [0.2, 0.25) is 0 Å². The molecule has 156 valence electrons. The van der Waals surface area contributed by atoms with Gasteiger partial charge >= 0.3 is 0 Å². The summed E-state index contributed by atoms with van der Waals surface area (Å²) < 4.78 is 45.2. The second-order valence-corrected chi connectivity index (χ2v) is 6.40. The highest BCUT2D eigenvalue weighted by molar-refractivity contribution is 5.94. The van der Waals surface area contributed by atoms with Crippen LogP contribution >= 0.6 is 0 Å². The highest BCUT2D eigenvalue weighted by atomic mass is 19.2. The number of halogens is 3. The van der Waals surface area contributed by atoms with Crippen LogP contribution in [0.5, 0.6) is 5.75 Å². The molecule has 2 aromatic carbocycles. The van der Waals surface area contributed by atoms with Crippen molar-refractivity contribution in [3.05, 3.63) is 53.8 Å². The van der Waals surface area contributed by atoms with Gasteiger partial charge in [-0.25, -0.2) is 13.2 Å². The van der Waals surface area contributed by atoms with Crippen LogP contribution in [0.15, 0.2) is 36.4 Å². The van der Waals surface area contributed by atoms with E-state index in [-0.39, 0.29) is 12.5 Å². The van der Waals surface area contributed by atoms with Crippen LogP contribution in [0.4, 0.5) is 24.5 Å². The van der Waals surface area contributed by atoms with Crippen molar-refractivity contribution < 1.29 is 32.4 Å². The molecule has 2 rings (SSSR count). The zero-order valence-electron chi connectivity index (χ0n) is 16.3. The first-order valence-electron chi connectivity index (χ1n) is 8.99. The smallest absolute Gasteiger partial charge is 0.282 e. The summed E-state index contributed by atoms with van der Waals surface area (Å²) in [7, 11) is 1.54. The zero-order chi connectivity index (χ0) is 21.6. The average Bonchev–Trinajstić information content (AvgIpc) is 2.72. The quantitative estimate of drug-likeness (QED) is 0.583. The fourth-order valence-electron chi connectivity index (χ4n) is 2.72. The molecule has 3 N–H and O–H groups in total. The fourth-order valence-corrected chi connectivity index (χ4v) is 2.72. The molecule has 0 spiro atoms. The van der Waals surface area contributed by atoms with Crippen LogP contribution in [-0.2, 0) is 9.59 Å². The van der Waals surface area contributed by atoms with E-state index in [2.05, 4.69) is 10.6 Å². The molecule has 0 aliphatic carbocycles. The lowest BCUT2D eigenvalue weighted by Gasteiger charge is -2.23. The summed E-state index contributed by atoms with van der Waals surface area (Å²) in [6.07, 6.45) is 0. The van der Waals surface area contributed by atoms with E-state index in [0.29, 0.717) is 22.9 Å². The predicted molar refractivity (Wildman–Crippen MR) is 102 cm³/mol. The van der Waals surface area contributed by atoms with Crippen molar-refractivity contribution in [1.29, 1.82) is 0 Å². The molecule has 0 heterocycles. The van der Waals surface area contributed by atoms with E-state index in [4.69, 9.17) is 4.74 Å². The molecule has 2 atom stereocenters. The molecule has 0 saturated carbocycles. The second-order valence-electron chi connectivity index (χ2n) is 6.40. The summed E-state index contributed by atoms with van der Waals surface area (Å²) in [5.41, 5.74) is 0.117. The molecule has 2 amide bonds. The number of ether oxygens (including phenoxy) is 1. The van der Waals surface area contributed by atoms with Crippen LogP contribution < -0.4 is 20.3 Å². The van der Waals surface area contributed by atoms with Crippen molar-refractivity contribution >= 4 is 23.2 Å². The van der Waals surface area contributed by atoms with E-state index < -0.39 is 35.1 Å². The van der Waals surface area contributed by atoms with Crippen molar-refractivity contribution in [2.75, 3.05) is 30.8 Å². The molecule has 1 unspecified atom stereocenters. The first-order valence-corrected chi connectivity index (χ1v) is 8.99. The van der Waals surface area contributed by atoms with Gasteiger partial charge in [0.05, 0.1) is 19.3 Å². The molecule has 0 aromatic heterocycles. The van der Waals surface area contributed by atoms with Crippen LogP contribution in [0, 0.1) is 17.5 Å². The van der Waals surface area contributed by atoms with Crippen molar-refractivity contribution in [3.8, 4) is 5.75 Å². The number of anilines is 2. The van der Waals surface area contributed by atoms with E-state index in [0.717, 1.165) is 12.1 Å². The van der Waals surface area contributed by atoms with Gasteiger partial charge in [0.1, 0.15) is 5.75 Å². The number of rotatable bonds is 8. The molecule has 0 aliphatic rings. The molecular formula is C20H23F3N3O3+. The van der Waals surface area contributed by atoms with Crippen LogP contribution in [-0.4, -0.2) is 38.1 Å². The second kappa shape index (κ2) is 9.92. The highest BCUT2D eigenvalue weighted by Gasteiger charge is 2.27. The Labute approximate surface area is 166 Å². The van der Waals surface area contributed by atoms with Gasteiger partial charge in [-0.3, -0.25) is 9.59 Å². The number of methoxy groups -OCH3 is 1. The van der Waals surface area contributed by atoms with Crippen molar-refractivity contribution in [1.82, 2.24) is 0 Å². The zero-order valence-corrected chi connectivity index (χ0v) is 16.3. The van der Waals surface area contributed by atoms with Gasteiger partial charge in [0.25, 0.3) is 11.8 Å². The third-order valence-corrected chi connectivity index (χ3v) is 4.51. The van der Waals surface area contributed by atoms with Gasteiger partial charge in [-0.05, 0) is 50.2 Å². The Hall–Kier alpha value is -3.07. The number of likely N-dealkylation sites (N-methyl/N-ethyl adjacent to an activating group) is 1. The van der Waals surface area contributed by atoms with E-state index in [1.165, 1.54) is 7.11 Å². The van der Waals surface area contributed by atoms with Gasteiger partial charge < -0.3 is 20.3 Å². The van der Waals surface area contributed by atoms with Crippen molar-refractivity contribution in [2.24, 2.45) is 0 Å². The van der Waals surface area contributed by atoms with Gasteiger partial charge in [0.15, 0.2) is 30.0 Å². The maximum absolute atomic E-state index is 13.8. The Morgan fingerprint density at radius 1 is 1.03 bits per heavy atom. The molecule has 0 aliphatic heterocycles. The molecule has 0 radical (unpaired) electrons. The Kier molecular flexibility index (Phi) is 7.60. The minimum atomic E-state index is -1.66. The SMILES string of the molecule is CC[NH+](CC(=O)Nc1ccc(OC)cc1)[C@H](C)C(=O)Nc1ccc(F)c(F)c1F. The lowest BCUT2D eigenvalue weighted by atomic mass is 10.2. The normalized spacial score (nSPS) is 12.8. The standard InChI is InChI=1S/C20H22F3N3O3/c1-4-26(11-17(27)24-13-5-7-14(29-3)8-6-13)12(2)20(28)25-16-10-9-15(21)18(22)19(16)23/h5-10,12H,4,11H2,1-3H3,(H,24,27)(H,25,28)/p+1/t12-/m1/s1. The number of quaternary nitrogens is 1. The lowest BCUT2D eigenvalue weighted by Crippen LogP contribution is -3.17. The first kappa shape index (κ1) is 22.2. The van der Waals surface area contributed by atoms with Gasteiger partial charge in [0, 0.05) is 5.69 Å². The van der Waals surface area contributed by atoms with Gasteiger partial charge in [-0.15, -0.1) is 0 Å². The maximum atomic E-state index is 13.8. The molecule has 0 saturated heterocycles. The number of benzene rings is 2. The Bertz CT molecular complexity index is 875. The fraction of sp³-hybridized carbons (Fsp3) is 0.300. The van der Waals surface area contributed by atoms with Gasteiger partial charge in [-0.1, -0.05) is 0 Å². The van der Waals surface area contributed by atoms with Crippen LogP contribution in [0.25, 0.3) is 0 Å². The summed E-state index contributed by atoms with van der Waals surface area (Å²) in [6, 6.07) is 7.70. The number of hydrogen-bond donors (Lipinski definition) is 3. The number of nitrogens with one attached hydrogen (secondary N) is 3. The van der Waals surface area contributed by atoms with Gasteiger partial charge in [0.2, 0.25) is 0 Å². The molecule has 0 fully saturated rings. The summed E-state index contributed by atoms with van der Waals surface area (Å²) >= 11 is 0. The molecule has 2 aromatic rings. The predicted octanol–water partition coefficient (Wildman–Crippen LogP) is 1.98. The first-order chi connectivity index (χ1) is 13.8. The molecule has 29 heavy (non-hydrogen) atoms. The number of carbonyl (C=O) groups excluding carboxylic acids is 2. The summed E-state index contributed by atoms with van der Waals surface area (Å²) in [5, 5.41) is 4.97. The Morgan fingerprint density at radius 2 is 1.69 bits per heavy atom. The number of amides is 2. The topological polar surface area (TPSA) is 71.9 Å². The van der Waals surface area contributed by atoms with Crippen molar-refractivity contribution in [2.45, 2.75) is 19.9 Å². The average molecular weight is 410 g/mol. The third kappa shape index (κ3) is 5.71. The minimum Gasteiger partial charge on any atom is -0.497 e. The Balaban J connectivity index is 1.99. The lowest BCUT2D eigenvalue weighted by molar-refractivity contribution is -0.904. The van der Waals surface area contributed by atoms with Crippen LogP contribution in [0.1, 0.15) is 13.8 Å². The van der Waals surface area contributed by atoms with E-state index >= 15 is 0 Å². The molecule has 0 bridgehead atoms. The third-order valence-electron chi connectivity index (χ3n) is 4.51. The van der Waals surface area contributed by atoms with E-state index in [1.54, 1.807) is 38.1 Å². The van der Waals surface area contributed by atoms with E-state index in [1.807, 2.05) is 0 Å². The Morgan fingerprint density at radius 3 is 2.28 bits per heavy atom. The minimum absolute atomic E-state index is 0.0165. The number of carbonyl (C=O) groups is 2.